The van der Waals surface area contributed by atoms with Crippen LogP contribution in [-0.2, 0) is 6.54 Å². The second-order valence-electron chi connectivity index (χ2n) is 4.11. The van der Waals surface area contributed by atoms with Crippen LogP contribution in [0.3, 0.4) is 0 Å². The summed E-state index contributed by atoms with van der Waals surface area (Å²) < 4.78 is 0. The molecule has 19 heavy (non-hydrogen) atoms. The molecule has 0 atom stereocenters. The Labute approximate surface area is 123 Å². The summed E-state index contributed by atoms with van der Waals surface area (Å²) in [5.74, 6) is 0. The molecule has 98 valence electrons. The van der Waals surface area contributed by atoms with Gasteiger partial charge in [-0.2, -0.15) is 0 Å². The Hall–Kier alpha value is -1.65. The maximum Gasteiger partial charge on any atom is 0.171 e. The highest BCUT2D eigenvalue weighted by Crippen LogP contribution is 2.22. The minimum atomic E-state index is 0.524. The van der Waals surface area contributed by atoms with E-state index in [4.69, 9.17) is 23.8 Å². The number of aromatic nitrogens is 1. The Balaban J connectivity index is 1.91. The fourth-order valence-electron chi connectivity index (χ4n) is 1.56. The van der Waals surface area contributed by atoms with Crippen molar-refractivity contribution in [2.75, 3.05) is 5.32 Å². The minimum Gasteiger partial charge on any atom is -0.357 e. The molecule has 3 nitrogen and oxygen atoms in total. The molecule has 0 radical (unpaired) electrons. The number of nitrogens with one attached hydrogen (secondary N) is 2. The molecule has 0 saturated carbocycles. The van der Waals surface area contributed by atoms with Crippen LogP contribution in [0.4, 0.5) is 5.69 Å². The van der Waals surface area contributed by atoms with Crippen LogP contribution in [0, 0.1) is 6.92 Å². The molecule has 0 spiro atoms. The quantitative estimate of drug-likeness (QED) is 0.848. The smallest absolute Gasteiger partial charge is 0.171 e. The first-order chi connectivity index (χ1) is 9.15. The number of aryl methyl sites for hydroxylation is 1. The van der Waals surface area contributed by atoms with Gasteiger partial charge in [-0.3, -0.25) is 4.98 Å². The van der Waals surface area contributed by atoms with Crippen LogP contribution in [0.25, 0.3) is 0 Å². The number of hydrogen-bond donors (Lipinski definition) is 2. The number of benzene rings is 1. The molecular weight excluding hydrogens is 278 g/mol. The molecular formula is C14H14ClN3S. The third-order valence-corrected chi connectivity index (χ3v) is 3.09. The van der Waals surface area contributed by atoms with E-state index >= 15 is 0 Å². The number of rotatable bonds is 3. The Morgan fingerprint density at radius 3 is 2.84 bits per heavy atom. The zero-order valence-electron chi connectivity index (χ0n) is 10.5. The van der Waals surface area contributed by atoms with E-state index in [2.05, 4.69) is 15.6 Å². The van der Waals surface area contributed by atoms with Gasteiger partial charge in [-0.15, -0.1) is 0 Å². The first-order valence-corrected chi connectivity index (χ1v) is 6.64. The van der Waals surface area contributed by atoms with Gasteiger partial charge in [0.05, 0.1) is 22.9 Å². The maximum absolute atomic E-state index is 6.13. The predicted octanol–water partition coefficient (Wildman–Crippen LogP) is 3.53. The van der Waals surface area contributed by atoms with Gasteiger partial charge in [0, 0.05) is 6.20 Å². The first-order valence-electron chi connectivity index (χ1n) is 5.86. The van der Waals surface area contributed by atoms with E-state index in [1.807, 2.05) is 43.3 Å². The highest BCUT2D eigenvalue weighted by atomic mass is 35.5. The van der Waals surface area contributed by atoms with Gasteiger partial charge in [0.1, 0.15) is 0 Å². The largest absolute Gasteiger partial charge is 0.357 e. The zero-order valence-corrected chi connectivity index (χ0v) is 12.1. The molecule has 1 aromatic carbocycles. The molecule has 1 heterocycles. The van der Waals surface area contributed by atoms with E-state index in [1.165, 1.54) is 0 Å². The van der Waals surface area contributed by atoms with Crippen molar-refractivity contribution in [1.29, 1.82) is 0 Å². The summed E-state index contributed by atoms with van der Waals surface area (Å²) in [6.45, 7) is 2.57. The topological polar surface area (TPSA) is 37.0 Å². The lowest BCUT2D eigenvalue weighted by Gasteiger charge is -2.11. The average molecular weight is 292 g/mol. The van der Waals surface area contributed by atoms with E-state index in [-0.39, 0.29) is 0 Å². The lowest BCUT2D eigenvalue weighted by Crippen LogP contribution is -2.28. The van der Waals surface area contributed by atoms with Crippen LogP contribution in [0.5, 0.6) is 0 Å². The SMILES string of the molecule is Cc1ccc(NC(=S)NCc2ccccn2)c(Cl)c1. The van der Waals surface area contributed by atoms with Gasteiger partial charge in [0.15, 0.2) is 5.11 Å². The summed E-state index contributed by atoms with van der Waals surface area (Å²) in [5, 5.41) is 7.34. The van der Waals surface area contributed by atoms with E-state index in [9.17, 15) is 0 Å². The zero-order chi connectivity index (χ0) is 13.7. The van der Waals surface area contributed by atoms with Crippen molar-refractivity contribution in [1.82, 2.24) is 10.3 Å². The number of thiocarbonyl (C=S) groups is 1. The van der Waals surface area contributed by atoms with Crippen molar-refractivity contribution in [3.05, 3.63) is 58.9 Å². The highest BCUT2D eigenvalue weighted by Gasteiger charge is 2.03. The summed E-state index contributed by atoms with van der Waals surface area (Å²) in [4.78, 5) is 4.21. The Kier molecular flexibility index (Phi) is 4.71. The second-order valence-corrected chi connectivity index (χ2v) is 4.93. The fraction of sp³-hybridized carbons (Fsp3) is 0.143. The Morgan fingerprint density at radius 2 is 2.16 bits per heavy atom. The molecule has 0 saturated heterocycles. The van der Waals surface area contributed by atoms with Gasteiger partial charge in [0.25, 0.3) is 0 Å². The predicted molar refractivity (Wildman–Crippen MR) is 83.5 cm³/mol. The standard InChI is InChI=1S/C14H14ClN3S/c1-10-5-6-13(12(15)8-10)18-14(19)17-9-11-4-2-3-7-16-11/h2-8H,9H2,1H3,(H2,17,18,19). The molecule has 0 aliphatic carbocycles. The lowest BCUT2D eigenvalue weighted by atomic mass is 10.2. The fourth-order valence-corrected chi connectivity index (χ4v) is 2.03. The van der Waals surface area contributed by atoms with Crippen molar-refractivity contribution >= 4 is 34.6 Å². The number of nitrogens with zero attached hydrogens (tertiary/aromatic N) is 1. The van der Waals surface area contributed by atoms with E-state index in [0.29, 0.717) is 16.7 Å². The highest BCUT2D eigenvalue weighted by molar-refractivity contribution is 7.80. The third-order valence-electron chi connectivity index (χ3n) is 2.53. The van der Waals surface area contributed by atoms with Gasteiger partial charge in [-0.1, -0.05) is 23.7 Å². The van der Waals surface area contributed by atoms with Crippen LogP contribution < -0.4 is 10.6 Å². The van der Waals surface area contributed by atoms with Crippen LogP contribution in [0.1, 0.15) is 11.3 Å². The van der Waals surface area contributed by atoms with Gasteiger partial charge in [-0.05, 0) is 49.0 Å². The van der Waals surface area contributed by atoms with Crippen molar-refractivity contribution in [2.24, 2.45) is 0 Å². The van der Waals surface area contributed by atoms with Gasteiger partial charge < -0.3 is 10.6 Å². The number of pyridine rings is 1. The van der Waals surface area contributed by atoms with Crippen molar-refractivity contribution in [3.63, 3.8) is 0 Å². The van der Waals surface area contributed by atoms with Gasteiger partial charge in [0.2, 0.25) is 0 Å². The molecule has 2 rings (SSSR count). The average Bonchev–Trinajstić information content (AvgIpc) is 2.41. The van der Waals surface area contributed by atoms with Gasteiger partial charge in [-0.25, -0.2) is 0 Å². The number of halogens is 1. The van der Waals surface area contributed by atoms with E-state index in [0.717, 1.165) is 16.9 Å². The van der Waals surface area contributed by atoms with Crippen LogP contribution >= 0.6 is 23.8 Å². The second kappa shape index (κ2) is 6.50. The molecule has 0 unspecified atom stereocenters. The van der Waals surface area contributed by atoms with Crippen LogP contribution in [0.2, 0.25) is 5.02 Å². The Morgan fingerprint density at radius 1 is 1.32 bits per heavy atom. The van der Waals surface area contributed by atoms with Crippen molar-refractivity contribution < 1.29 is 0 Å². The normalized spacial score (nSPS) is 10.0. The number of hydrogen-bond acceptors (Lipinski definition) is 2. The molecule has 0 fully saturated rings. The molecule has 2 N–H and O–H groups in total. The summed E-state index contributed by atoms with van der Waals surface area (Å²) in [5.41, 5.74) is 2.84. The first kappa shape index (κ1) is 13.8. The summed E-state index contributed by atoms with van der Waals surface area (Å²) in [7, 11) is 0. The van der Waals surface area contributed by atoms with E-state index in [1.54, 1.807) is 6.20 Å². The number of anilines is 1. The van der Waals surface area contributed by atoms with Gasteiger partial charge >= 0.3 is 0 Å². The summed E-state index contributed by atoms with van der Waals surface area (Å²) >= 11 is 11.3. The van der Waals surface area contributed by atoms with E-state index < -0.39 is 0 Å². The minimum absolute atomic E-state index is 0.524. The molecule has 2 aromatic rings. The third kappa shape index (κ3) is 4.19. The van der Waals surface area contributed by atoms with Crippen LogP contribution in [-0.4, -0.2) is 10.1 Å². The maximum atomic E-state index is 6.13. The monoisotopic (exact) mass is 291 g/mol. The van der Waals surface area contributed by atoms with Crippen molar-refractivity contribution in [2.45, 2.75) is 13.5 Å². The molecule has 0 aliphatic heterocycles. The molecule has 5 heteroatoms. The summed E-state index contributed by atoms with van der Waals surface area (Å²) in [6.07, 6.45) is 1.75. The van der Waals surface area contributed by atoms with Crippen molar-refractivity contribution in [3.8, 4) is 0 Å². The summed E-state index contributed by atoms with van der Waals surface area (Å²) in [6, 6.07) is 11.5. The molecule has 0 amide bonds. The molecule has 0 bridgehead atoms. The lowest BCUT2D eigenvalue weighted by molar-refractivity contribution is 0.882. The molecule has 0 aliphatic rings. The molecule has 1 aromatic heterocycles. The van der Waals surface area contributed by atoms with Crippen LogP contribution in [0.15, 0.2) is 42.6 Å². The Bertz CT molecular complexity index is 572.